The summed E-state index contributed by atoms with van der Waals surface area (Å²) in [6.07, 6.45) is 3.60. The number of pyridine rings is 1. The number of rotatable bonds is 4. The minimum Gasteiger partial charge on any atom is -0.374 e. The molecule has 3 heteroatoms. The second kappa shape index (κ2) is 4.73. The Morgan fingerprint density at radius 2 is 2.20 bits per heavy atom. The van der Waals surface area contributed by atoms with Crippen molar-refractivity contribution in [1.82, 2.24) is 4.98 Å². The molecule has 84 valence electrons. The van der Waals surface area contributed by atoms with Crippen molar-refractivity contribution in [3.05, 3.63) is 29.6 Å². The lowest BCUT2D eigenvalue weighted by molar-refractivity contribution is -0.0300. The second-order valence-corrected chi connectivity index (χ2v) is 4.25. The van der Waals surface area contributed by atoms with Gasteiger partial charge in [-0.05, 0) is 44.9 Å². The van der Waals surface area contributed by atoms with E-state index in [0.29, 0.717) is 6.61 Å². The maximum Gasteiger partial charge on any atom is 0.0818 e. The van der Waals surface area contributed by atoms with Crippen LogP contribution >= 0.6 is 0 Å². The van der Waals surface area contributed by atoms with Gasteiger partial charge in [-0.15, -0.1) is 0 Å². The molecule has 0 spiro atoms. The van der Waals surface area contributed by atoms with Crippen molar-refractivity contribution in [2.75, 3.05) is 6.61 Å². The highest BCUT2D eigenvalue weighted by Gasteiger charge is 2.29. The van der Waals surface area contributed by atoms with Gasteiger partial charge in [-0.2, -0.15) is 0 Å². The van der Waals surface area contributed by atoms with Crippen LogP contribution in [0.5, 0.6) is 0 Å². The molecule has 1 aromatic heterocycles. The highest BCUT2D eigenvalue weighted by atomic mass is 16.5. The van der Waals surface area contributed by atoms with Gasteiger partial charge in [0.05, 0.1) is 11.6 Å². The molecule has 1 atom stereocenters. The summed E-state index contributed by atoms with van der Waals surface area (Å²) in [6, 6.07) is 1.82. The van der Waals surface area contributed by atoms with Gasteiger partial charge in [-0.1, -0.05) is 0 Å². The standard InChI is InChI=1S/C12H20N2O/c1-5-15-12(3,4)11(13)10-8-14-7-6-9(10)2/h6-8,11H,5,13H2,1-4H3. The molecule has 0 fully saturated rings. The van der Waals surface area contributed by atoms with Crippen molar-refractivity contribution < 1.29 is 4.74 Å². The molecule has 1 aromatic rings. The number of ether oxygens (including phenoxy) is 1. The summed E-state index contributed by atoms with van der Waals surface area (Å²) in [6.45, 7) is 8.70. The quantitative estimate of drug-likeness (QED) is 0.825. The van der Waals surface area contributed by atoms with Gasteiger partial charge in [0.25, 0.3) is 0 Å². The maximum atomic E-state index is 6.19. The van der Waals surface area contributed by atoms with Gasteiger partial charge in [-0.25, -0.2) is 0 Å². The average Bonchev–Trinajstić information content (AvgIpc) is 2.17. The van der Waals surface area contributed by atoms with E-state index in [1.54, 1.807) is 6.20 Å². The van der Waals surface area contributed by atoms with Crippen molar-refractivity contribution in [3.8, 4) is 0 Å². The lowest BCUT2D eigenvalue weighted by Gasteiger charge is -2.32. The normalized spacial score (nSPS) is 13.9. The number of nitrogens with two attached hydrogens (primary N) is 1. The molecule has 15 heavy (non-hydrogen) atoms. The van der Waals surface area contributed by atoms with Gasteiger partial charge in [-0.3, -0.25) is 4.98 Å². The molecule has 1 heterocycles. The van der Waals surface area contributed by atoms with E-state index >= 15 is 0 Å². The monoisotopic (exact) mass is 208 g/mol. The molecule has 1 unspecified atom stereocenters. The molecule has 0 aromatic carbocycles. The molecule has 0 aliphatic rings. The molecule has 0 aliphatic carbocycles. The van der Waals surface area contributed by atoms with E-state index in [1.807, 2.05) is 40.0 Å². The summed E-state index contributed by atoms with van der Waals surface area (Å²) in [7, 11) is 0. The minimum atomic E-state index is -0.359. The van der Waals surface area contributed by atoms with Gasteiger partial charge in [0, 0.05) is 19.0 Å². The Balaban J connectivity index is 2.93. The number of hydrogen-bond donors (Lipinski definition) is 1. The molecule has 0 bridgehead atoms. The third kappa shape index (κ3) is 2.76. The zero-order valence-corrected chi connectivity index (χ0v) is 9.95. The van der Waals surface area contributed by atoms with Crippen LogP contribution in [-0.4, -0.2) is 17.2 Å². The molecule has 3 nitrogen and oxygen atoms in total. The Morgan fingerprint density at radius 1 is 1.53 bits per heavy atom. The zero-order chi connectivity index (χ0) is 11.5. The van der Waals surface area contributed by atoms with E-state index in [2.05, 4.69) is 4.98 Å². The fourth-order valence-corrected chi connectivity index (χ4v) is 1.64. The smallest absolute Gasteiger partial charge is 0.0818 e. The van der Waals surface area contributed by atoms with Crippen LogP contribution in [0.1, 0.15) is 37.9 Å². The van der Waals surface area contributed by atoms with Crippen LogP contribution in [0, 0.1) is 6.92 Å². The number of hydrogen-bond acceptors (Lipinski definition) is 3. The SMILES string of the molecule is CCOC(C)(C)C(N)c1cnccc1C. The Hall–Kier alpha value is -0.930. The number of aromatic nitrogens is 1. The van der Waals surface area contributed by atoms with Crippen LogP contribution in [0.15, 0.2) is 18.5 Å². The summed E-state index contributed by atoms with van der Waals surface area (Å²) in [5.41, 5.74) is 8.05. The Labute approximate surface area is 91.7 Å². The Morgan fingerprint density at radius 3 is 2.73 bits per heavy atom. The molecule has 2 N–H and O–H groups in total. The maximum absolute atomic E-state index is 6.19. The molecule has 0 radical (unpaired) electrons. The van der Waals surface area contributed by atoms with Crippen molar-refractivity contribution in [2.24, 2.45) is 5.73 Å². The van der Waals surface area contributed by atoms with Gasteiger partial charge >= 0.3 is 0 Å². The van der Waals surface area contributed by atoms with E-state index in [-0.39, 0.29) is 11.6 Å². The largest absolute Gasteiger partial charge is 0.374 e. The van der Waals surface area contributed by atoms with E-state index < -0.39 is 0 Å². The predicted molar refractivity (Wildman–Crippen MR) is 61.6 cm³/mol. The minimum absolute atomic E-state index is 0.147. The summed E-state index contributed by atoms with van der Waals surface area (Å²) in [4.78, 5) is 4.10. The van der Waals surface area contributed by atoms with Crippen molar-refractivity contribution in [2.45, 2.75) is 39.3 Å². The molecule has 1 rings (SSSR count). The Bertz CT molecular complexity index is 323. The molecular weight excluding hydrogens is 188 g/mol. The van der Waals surface area contributed by atoms with Gasteiger partial charge in [0.15, 0.2) is 0 Å². The van der Waals surface area contributed by atoms with Crippen LogP contribution in [0.4, 0.5) is 0 Å². The van der Waals surface area contributed by atoms with Crippen LogP contribution in [0.25, 0.3) is 0 Å². The van der Waals surface area contributed by atoms with Gasteiger partial charge < -0.3 is 10.5 Å². The van der Waals surface area contributed by atoms with Gasteiger partial charge in [0.1, 0.15) is 0 Å². The third-order valence-electron chi connectivity index (χ3n) is 2.68. The number of nitrogens with zero attached hydrogens (tertiary/aromatic N) is 1. The first-order chi connectivity index (χ1) is 6.99. The molecule has 0 amide bonds. The molecular formula is C12H20N2O. The van der Waals surface area contributed by atoms with Crippen LogP contribution in [-0.2, 0) is 4.74 Å². The highest BCUT2D eigenvalue weighted by molar-refractivity contribution is 5.26. The number of aryl methyl sites for hydroxylation is 1. The topological polar surface area (TPSA) is 48.1 Å². The molecule has 0 saturated heterocycles. The van der Waals surface area contributed by atoms with E-state index in [4.69, 9.17) is 10.5 Å². The van der Waals surface area contributed by atoms with Crippen LogP contribution in [0.2, 0.25) is 0 Å². The van der Waals surface area contributed by atoms with Crippen molar-refractivity contribution in [3.63, 3.8) is 0 Å². The predicted octanol–water partition coefficient (Wildman–Crippen LogP) is 2.20. The highest BCUT2D eigenvalue weighted by Crippen LogP contribution is 2.27. The van der Waals surface area contributed by atoms with E-state index in [1.165, 1.54) is 0 Å². The third-order valence-corrected chi connectivity index (χ3v) is 2.68. The first-order valence-corrected chi connectivity index (χ1v) is 5.29. The summed E-state index contributed by atoms with van der Waals surface area (Å²) in [5, 5.41) is 0. The summed E-state index contributed by atoms with van der Waals surface area (Å²) >= 11 is 0. The van der Waals surface area contributed by atoms with Gasteiger partial charge in [0.2, 0.25) is 0 Å². The van der Waals surface area contributed by atoms with E-state index in [0.717, 1.165) is 11.1 Å². The summed E-state index contributed by atoms with van der Waals surface area (Å²) in [5.74, 6) is 0. The lowest BCUT2D eigenvalue weighted by atomic mass is 9.91. The molecule has 0 aliphatic heterocycles. The molecule has 0 saturated carbocycles. The first kappa shape index (κ1) is 12.1. The average molecular weight is 208 g/mol. The fraction of sp³-hybridized carbons (Fsp3) is 0.583. The zero-order valence-electron chi connectivity index (χ0n) is 9.95. The summed E-state index contributed by atoms with van der Waals surface area (Å²) < 4.78 is 5.65. The first-order valence-electron chi connectivity index (χ1n) is 5.29. The van der Waals surface area contributed by atoms with Crippen LogP contribution in [0.3, 0.4) is 0 Å². The van der Waals surface area contributed by atoms with E-state index in [9.17, 15) is 0 Å². The van der Waals surface area contributed by atoms with Crippen LogP contribution < -0.4 is 5.73 Å². The van der Waals surface area contributed by atoms with Crippen molar-refractivity contribution >= 4 is 0 Å². The van der Waals surface area contributed by atoms with Crippen molar-refractivity contribution in [1.29, 1.82) is 0 Å². The second-order valence-electron chi connectivity index (χ2n) is 4.25. The lowest BCUT2D eigenvalue weighted by Crippen LogP contribution is -2.38. The Kier molecular flexibility index (Phi) is 3.83. The fourth-order valence-electron chi connectivity index (χ4n) is 1.64.